The van der Waals surface area contributed by atoms with Crippen LogP contribution in [0.2, 0.25) is 0 Å². The summed E-state index contributed by atoms with van der Waals surface area (Å²) in [6.07, 6.45) is 2.38. The van der Waals surface area contributed by atoms with Crippen LogP contribution in [-0.4, -0.2) is 42.5 Å². The third-order valence-corrected chi connectivity index (χ3v) is 6.35. The molecule has 2 fully saturated rings. The molecule has 2 aliphatic heterocycles. The van der Waals surface area contributed by atoms with Gasteiger partial charge in [0.15, 0.2) is 11.5 Å². The monoisotopic (exact) mass is 398 g/mol. The van der Waals surface area contributed by atoms with Gasteiger partial charge in [-0.15, -0.1) is 11.3 Å². The smallest absolute Gasteiger partial charge is 0.228 e. The molecule has 1 aromatic heterocycles. The highest BCUT2D eigenvalue weighted by molar-refractivity contribution is 7.09. The average molecular weight is 398 g/mol. The minimum atomic E-state index is -0.290. The Bertz CT molecular complexity index is 894. The van der Waals surface area contributed by atoms with Crippen LogP contribution in [0.3, 0.4) is 0 Å². The first-order valence-corrected chi connectivity index (χ1v) is 10.6. The number of anilines is 1. The van der Waals surface area contributed by atoms with Gasteiger partial charge in [0.1, 0.15) is 13.2 Å². The largest absolute Gasteiger partial charge is 0.486 e. The maximum atomic E-state index is 13.2. The molecule has 2 amide bonds. The molecule has 1 aliphatic carbocycles. The molecule has 1 saturated heterocycles. The average Bonchev–Trinajstić information content (AvgIpc) is 3.28. The summed E-state index contributed by atoms with van der Waals surface area (Å²) in [5.74, 6) is 1.15. The number of fused-ring (bicyclic) bond motifs is 1. The van der Waals surface area contributed by atoms with Crippen molar-refractivity contribution in [3.8, 4) is 11.5 Å². The van der Waals surface area contributed by atoms with E-state index >= 15 is 0 Å². The molecule has 1 saturated carbocycles. The van der Waals surface area contributed by atoms with E-state index in [0.717, 1.165) is 18.5 Å². The fraction of sp³-hybridized carbons (Fsp3) is 0.429. The Morgan fingerprint density at radius 1 is 1.18 bits per heavy atom. The van der Waals surface area contributed by atoms with Gasteiger partial charge >= 0.3 is 0 Å². The number of nitrogens with zero attached hydrogens (tertiary/aromatic N) is 2. The summed E-state index contributed by atoms with van der Waals surface area (Å²) >= 11 is 1.67. The second-order valence-corrected chi connectivity index (χ2v) is 8.54. The van der Waals surface area contributed by atoms with Crippen molar-refractivity contribution >= 4 is 28.8 Å². The summed E-state index contributed by atoms with van der Waals surface area (Å²) in [6.45, 7) is 2.11. The molecule has 0 spiro atoms. The number of amides is 2. The van der Waals surface area contributed by atoms with E-state index in [1.54, 1.807) is 16.2 Å². The molecule has 1 aromatic carbocycles. The van der Waals surface area contributed by atoms with Crippen molar-refractivity contribution < 1.29 is 19.1 Å². The number of thiophene rings is 1. The minimum absolute atomic E-state index is 0.0121. The third-order valence-electron chi connectivity index (χ3n) is 5.49. The summed E-state index contributed by atoms with van der Waals surface area (Å²) in [6, 6.07) is 9.94. The lowest BCUT2D eigenvalue weighted by atomic mass is 10.1. The highest BCUT2D eigenvalue weighted by Gasteiger charge is 2.41. The Morgan fingerprint density at radius 3 is 2.75 bits per heavy atom. The van der Waals surface area contributed by atoms with Gasteiger partial charge in [-0.3, -0.25) is 9.59 Å². The molecular formula is C21H22N2O4S. The standard InChI is InChI=1S/C21H22N2O4S/c24-20-10-14(21(25)23(15-3-4-15)13-17-2-1-9-28-17)12-22(20)16-5-6-18-19(11-16)27-8-7-26-18/h1-2,5-6,9,11,14-15H,3-4,7-8,10,12-13H2. The summed E-state index contributed by atoms with van der Waals surface area (Å²) < 4.78 is 11.2. The van der Waals surface area contributed by atoms with Gasteiger partial charge in [0, 0.05) is 35.6 Å². The topological polar surface area (TPSA) is 59.1 Å². The van der Waals surface area contributed by atoms with Crippen LogP contribution in [-0.2, 0) is 16.1 Å². The van der Waals surface area contributed by atoms with Gasteiger partial charge in [-0.1, -0.05) is 6.07 Å². The minimum Gasteiger partial charge on any atom is -0.486 e. The van der Waals surface area contributed by atoms with Gasteiger partial charge in [-0.05, 0) is 36.4 Å². The van der Waals surface area contributed by atoms with Gasteiger partial charge in [0.25, 0.3) is 0 Å². The van der Waals surface area contributed by atoms with E-state index in [9.17, 15) is 9.59 Å². The fourth-order valence-electron chi connectivity index (χ4n) is 3.90. The van der Waals surface area contributed by atoms with Crippen molar-refractivity contribution in [2.75, 3.05) is 24.7 Å². The first-order valence-electron chi connectivity index (χ1n) is 9.72. The van der Waals surface area contributed by atoms with Crippen molar-refractivity contribution in [1.29, 1.82) is 0 Å². The number of carbonyl (C=O) groups excluding carboxylic acids is 2. The van der Waals surface area contributed by atoms with Crippen LogP contribution >= 0.6 is 11.3 Å². The SMILES string of the molecule is O=C1CC(C(=O)N(Cc2cccs2)C2CC2)CN1c1ccc2c(c1)OCCO2. The second-order valence-electron chi connectivity index (χ2n) is 7.51. The molecular weight excluding hydrogens is 376 g/mol. The normalized spacial score (nSPS) is 21.1. The molecule has 3 aliphatic rings. The number of hydrogen-bond donors (Lipinski definition) is 0. The third kappa shape index (κ3) is 3.35. The van der Waals surface area contributed by atoms with E-state index in [1.165, 1.54) is 4.88 Å². The van der Waals surface area contributed by atoms with E-state index in [0.29, 0.717) is 43.8 Å². The number of hydrogen-bond acceptors (Lipinski definition) is 5. The molecule has 146 valence electrons. The van der Waals surface area contributed by atoms with Gasteiger partial charge in [0.05, 0.1) is 12.5 Å². The van der Waals surface area contributed by atoms with Gasteiger partial charge in [-0.25, -0.2) is 0 Å². The maximum Gasteiger partial charge on any atom is 0.228 e. The molecule has 0 radical (unpaired) electrons. The summed E-state index contributed by atoms with van der Waals surface area (Å²) in [7, 11) is 0. The first-order chi connectivity index (χ1) is 13.7. The molecule has 1 atom stereocenters. The Kier molecular flexibility index (Phi) is 4.47. The molecule has 6 nitrogen and oxygen atoms in total. The van der Waals surface area contributed by atoms with E-state index < -0.39 is 0 Å². The second kappa shape index (κ2) is 7.13. The zero-order chi connectivity index (χ0) is 19.1. The number of ether oxygens (including phenoxy) is 2. The van der Waals surface area contributed by atoms with E-state index in [2.05, 4.69) is 6.07 Å². The zero-order valence-electron chi connectivity index (χ0n) is 15.5. The Hall–Kier alpha value is -2.54. The molecule has 1 unspecified atom stereocenters. The van der Waals surface area contributed by atoms with Gasteiger partial charge in [-0.2, -0.15) is 0 Å². The number of carbonyl (C=O) groups is 2. The lowest BCUT2D eigenvalue weighted by Crippen LogP contribution is -2.38. The highest BCUT2D eigenvalue weighted by Crippen LogP contribution is 2.37. The summed E-state index contributed by atoms with van der Waals surface area (Å²) in [5, 5.41) is 2.04. The van der Waals surface area contributed by atoms with Crippen LogP contribution in [0.5, 0.6) is 11.5 Å². The van der Waals surface area contributed by atoms with E-state index in [1.807, 2.05) is 34.5 Å². The van der Waals surface area contributed by atoms with Gasteiger partial charge in [0.2, 0.25) is 11.8 Å². The van der Waals surface area contributed by atoms with Crippen molar-refractivity contribution in [2.24, 2.45) is 5.92 Å². The molecule has 3 heterocycles. The molecule has 5 rings (SSSR count). The quantitative estimate of drug-likeness (QED) is 0.777. The maximum absolute atomic E-state index is 13.2. The fourth-order valence-corrected chi connectivity index (χ4v) is 4.60. The van der Waals surface area contributed by atoms with E-state index in [-0.39, 0.29) is 24.2 Å². The summed E-state index contributed by atoms with van der Waals surface area (Å²) in [5.41, 5.74) is 0.765. The Labute approximate surface area is 167 Å². The molecule has 7 heteroatoms. The molecule has 0 bridgehead atoms. The van der Waals surface area contributed by atoms with Crippen LogP contribution in [0.4, 0.5) is 5.69 Å². The lowest BCUT2D eigenvalue weighted by molar-refractivity contribution is -0.137. The Morgan fingerprint density at radius 2 is 2.00 bits per heavy atom. The van der Waals surface area contributed by atoms with E-state index in [4.69, 9.17) is 9.47 Å². The van der Waals surface area contributed by atoms with Crippen LogP contribution in [0, 0.1) is 5.92 Å². The Balaban J connectivity index is 1.32. The van der Waals surface area contributed by atoms with Crippen molar-refractivity contribution in [3.05, 3.63) is 40.6 Å². The number of rotatable bonds is 5. The molecule has 0 N–H and O–H groups in total. The zero-order valence-corrected chi connectivity index (χ0v) is 16.3. The van der Waals surface area contributed by atoms with Crippen LogP contribution in [0.1, 0.15) is 24.1 Å². The predicted molar refractivity (Wildman–Crippen MR) is 106 cm³/mol. The lowest BCUT2D eigenvalue weighted by Gasteiger charge is -2.25. The predicted octanol–water partition coefficient (Wildman–Crippen LogP) is 3.06. The van der Waals surface area contributed by atoms with Crippen LogP contribution < -0.4 is 14.4 Å². The molecule has 28 heavy (non-hydrogen) atoms. The van der Waals surface area contributed by atoms with Crippen LogP contribution in [0.25, 0.3) is 0 Å². The van der Waals surface area contributed by atoms with Crippen molar-refractivity contribution in [2.45, 2.75) is 31.8 Å². The van der Waals surface area contributed by atoms with Crippen LogP contribution in [0.15, 0.2) is 35.7 Å². The number of benzene rings is 1. The first kappa shape index (κ1) is 17.6. The summed E-state index contributed by atoms with van der Waals surface area (Å²) in [4.78, 5) is 30.8. The highest BCUT2D eigenvalue weighted by atomic mass is 32.1. The van der Waals surface area contributed by atoms with Crippen molar-refractivity contribution in [1.82, 2.24) is 4.90 Å². The van der Waals surface area contributed by atoms with Gasteiger partial charge < -0.3 is 19.3 Å². The molecule has 2 aromatic rings. The van der Waals surface area contributed by atoms with Crippen molar-refractivity contribution in [3.63, 3.8) is 0 Å².